The molecule has 1 atom stereocenters. The Morgan fingerprint density at radius 3 is 3.12 bits per heavy atom. The lowest BCUT2D eigenvalue weighted by Crippen LogP contribution is -2.36. The number of likely N-dealkylation sites (tertiary alicyclic amines) is 1. The SMILES string of the molecule is CN1CCC(NC(=O)c2ccnc(N)c2)C1. The first kappa shape index (κ1) is 10.9. The number of nitrogens with zero attached hydrogens (tertiary/aromatic N) is 2. The average Bonchev–Trinajstić information content (AvgIpc) is 2.64. The molecule has 5 nitrogen and oxygen atoms in total. The number of likely N-dealkylation sites (N-methyl/N-ethyl adjacent to an activating group) is 1. The lowest BCUT2D eigenvalue weighted by molar-refractivity contribution is 0.0938. The molecular weight excluding hydrogens is 204 g/mol. The van der Waals surface area contributed by atoms with Gasteiger partial charge in [0.1, 0.15) is 5.82 Å². The number of aromatic nitrogens is 1. The third-order valence-corrected chi connectivity index (χ3v) is 2.77. The van der Waals surface area contributed by atoms with Crippen LogP contribution in [0.15, 0.2) is 18.3 Å². The Kier molecular flexibility index (Phi) is 3.05. The number of carbonyl (C=O) groups is 1. The zero-order chi connectivity index (χ0) is 11.5. The van der Waals surface area contributed by atoms with E-state index in [1.807, 2.05) is 0 Å². The maximum atomic E-state index is 11.8. The Hall–Kier alpha value is -1.62. The molecule has 0 saturated carbocycles. The number of rotatable bonds is 2. The van der Waals surface area contributed by atoms with Gasteiger partial charge in [0.15, 0.2) is 0 Å². The Bertz CT molecular complexity index is 393. The monoisotopic (exact) mass is 220 g/mol. The maximum absolute atomic E-state index is 11.8. The first-order valence-electron chi connectivity index (χ1n) is 5.36. The molecule has 0 spiro atoms. The zero-order valence-corrected chi connectivity index (χ0v) is 9.31. The third kappa shape index (κ3) is 2.49. The molecule has 0 aliphatic carbocycles. The second-order valence-corrected chi connectivity index (χ2v) is 4.19. The number of nitrogens with two attached hydrogens (primary N) is 1. The molecule has 1 aromatic rings. The normalized spacial score (nSPS) is 20.9. The number of nitrogens with one attached hydrogen (secondary N) is 1. The molecule has 1 aliphatic heterocycles. The van der Waals surface area contributed by atoms with Gasteiger partial charge in [0.2, 0.25) is 0 Å². The van der Waals surface area contributed by atoms with Crippen molar-refractivity contribution in [1.82, 2.24) is 15.2 Å². The van der Waals surface area contributed by atoms with E-state index in [9.17, 15) is 4.79 Å². The summed E-state index contributed by atoms with van der Waals surface area (Å²) in [5.41, 5.74) is 6.10. The van der Waals surface area contributed by atoms with Crippen molar-refractivity contribution in [3.05, 3.63) is 23.9 Å². The fraction of sp³-hybridized carbons (Fsp3) is 0.455. The summed E-state index contributed by atoms with van der Waals surface area (Å²) in [6.07, 6.45) is 2.55. The minimum absolute atomic E-state index is 0.0746. The largest absolute Gasteiger partial charge is 0.384 e. The first-order valence-corrected chi connectivity index (χ1v) is 5.36. The molecule has 0 bridgehead atoms. The van der Waals surface area contributed by atoms with Crippen LogP contribution >= 0.6 is 0 Å². The Labute approximate surface area is 94.6 Å². The molecule has 1 unspecified atom stereocenters. The summed E-state index contributed by atoms with van der Waals surface area (Å²) in [6.45, 7) is 1.94. The summed E-state index contributed by atoms with van der Waals surface area (Å²) in [7, 11) is 2.05. The van der Waals surface area contributed by atoms with Crippen LogP contribution < -0.4 is 11.1 Å². The highest BCUT2D eigenvalue weighted by molar-refractivity contribution is 5.94. The van der Waals surface area contributed by atoms with E-state index in [0.29, 0.717) is 11.4 Å². The van der Waals surface area contributed by atoms with Crippen molar-refractivity contribution in [2.75, 3.05) is 25.9 Å². The van der Waals surface area contributed by atoms with Gasteiger partial charge in [-0.05, 0) is 32.1 Å². The lowest BCUT2D eigenvalue weighted by atomic mass is 10.2. The van der Waals surface area contributed by atoms with Crippen LogP contribution in [0.25, 0.3) is 0 Å². The quantitative estimate of drug-likeness (QED) is 0.741. The van der Waals surface area contributed by atoms with E-state index in [1.54, 1.807) is 18.3 Å². The summed E-state index contributed by atoms with van der Waals surface area (Å²) in [4.78, 5) is 17.9. The van der Waals surface area contributed by atoms with E-state index in [2.05, 4.69) is 22.2 Å². The molecule has 1 aliphatic rings. The zero-order valence-electron chi connectivity index (χ0n) is 9.31. The second-order valence-electron chi connectivity index (χ2n) is 4.19. The molecule has 2 heterocycles. The van der Waals surface area contributed by atoms with Crippen LogP contribution in [0.3, 0.4) is 0 Å². The number of carbonyl (C=O) groups excluding carboxylic acids is 1. The smallest absolute Gasteiger partial charge is 0.251 e. The first-order chi connectivity index (χ1) is 7.65. The van der Waals surface area contributed by atoms with Gasteiger partial charge in [-0.2, -0.15) is 0 Å². The molecule has 3 N–H and O–H groups in total. The van der Waals surface area contributed by atoms with Gasteiger partial charge in [-0.3, -0.25) is 4.79 Å². The van der Waals surface area contributed by atoms with Crippen molar-refractivity contribution >= 4 is 11.7 Å². The molecule has 0 radical (unpaired) electrons. The van der Waals surface area contributed by atoms with E-state index in [0.717, 1.165) is 19.5 Å². The van der Waals surface area contributed by atoms with Gasteiger partial charge in [0.25, 0.3) is 5.91 Å². The molecule has 16 heavy (non-hydrogen) atoms. The van der Waals surface area contributed by atoms with Crippen molar-refractivity contribution in [2.45, 2.75) is 12.5 Å². The van der Waals surface area contributed by atoms with E-state index in [4.69, 9.17) is 5.73 Å². The van der Waals surface area contributed by atoms with Gasteiger partial charge < -0.3 is 16.0 Å². The summed E-state index contributed by atoms with van der Waals surface area (Å²) in [5.74, 6) is 0.297. The van der Waals surface area contributed by atoms with Gasteiger partial charge in [-0.25, -0.2) is 4.98 Å². The third-order valence-electron chi connectivity index (χ3n) is 2.77. The van der Waals surface area contributed by atoms with Crippen LogP contribution in [0, 0.1) is 0 Å². The van der Waals surface area contributed by atoms with Crippen molar-refractivity contribution in [2.24, 2.45) is 0 Å². The van der Waals surface area contributed by atoms with E-state index in [1.165, 1.54) is 0 Å². The molecule has 5 heteroatoms. The minimum atomic E-state index is -0.0746. The molecule has 1 amide bonds. The summed E-state index contributed by atoms with van der Waals surface area (Å²) >= 11 is 0. The van der Waals surface area contributed by atoms with E-state index < -0.39 is 0 Å². The maximum Gasteiger partial charge on any atom is 0.251 e. The van der Waals surface area contributed by atoms with E-state index in [-0.39, 0.29) is 11.9 Å². The molecular formula is C11H16N4O. The Morgan fingerprint density at radius 1 is 1.69 bits per heavy atom. The topological polar surface area (TPSA) is 71.2 Å². The standard InChI is InChI=1S/C11H16N4O/c1-15-5-3-9(7-15)14-11(16)8-2-4-13-10(12)6-8/h2,4,6,9H,3,5,7H2,1H3,(H2,12,13)(H,14,16). The summed E-state index contributed by atoms with van der Waals surface area (Å²) in [6, 6.07) is 3.50. The van der Waals surface area contributed by atoms with Crippen LogP contribution in [-0.4, -0.2) is 42.0 Å². The molecule has 2 rings (SSSR count). The summed E-state index contributed by atoms with van der Waals surface area (Å²) in [5, 5.41) is 2.99. The Morgan fingerprint density at radius 2 is 2.50 bits per heavy atom. The highest BCUT2D eigenvalue weighted by Gasteiger charge is 2.21. The second kappa shape index (κ2) is 4.49. The molecule has 1 aromatic heterocycles. The Balaban J connectivity index is 1.98. The summed E-state index contributed by atoms with van der Waals surface area (Å²) < 4.78 is 0. The fourth-order valence-electron chi connectivity index (χ4n) is 1.91. The van der Waals surface area contributed by atoms with Crippen LogP contribution in [-0.2, 0) is 0 Å². The highest BCUT2D eigenvalue weighted by Crippen LogP contribution is 2.08. The van der Waals surface area contributed by atoms with Crippen LogP contribution in [0.2, 0.25) is 0 Å². The predicted octanol–water partition coefficient (Wildman–Crippen LogP) is 0.0977. The molecule has 1 saturated heterocycles. The van der Waals surface area contributed by atoms with Crippen molar-refractivity contribution in [3.63, 3.8) is 0 Å². The number of hydrogen-bond acceptors (Lipinski definition) is 4. The van der Waals surface area contributed by atoms with Crippen LogP contribution in [0.5, 0.6) is 0 Å². The minimum Gasteiger partial charge on any atom is -0.384 e. The van der Waals surface area contributed by atoms with E-state index >= 15 is 0 Å². The fourth-order valence-corrected chi connectivity index (χ4v) is 1.91. The average molecular weight is 220 g/mol. The van der Waals surface area contributed by atoms with Gasteiger partial charge in [0, 0.05) is 24.3 Å². The van der Waals surface area contributed by atoms with Crippen molar-refractivity contribution in [3.8, 4) is 0 Å². The number of anilines is 1. The number of hydrogen-bond donors (Lipinski definition) is 2. The van der Waals surface area contributed by atoms with Gasteiger partial charge in [0.05, 0.1) is 0 Å². The number of pyridine rings is 1. The lowest BCUT2D eigenvalue weighted by Gasteiger charge is -2.12. The van der Waals surface area contributed by atoms with Crippen molar-refractivity contribution in [1.29, 1.82) is 0 Å². The predicted molar refractivity (Wildman–Crippen MR) is 62.0 cm³/mol. The van der Waals surface area contributed by atoms with Gasteiger partial charge in [-0.1, -0.05) is 0 Å². The van der Waals surface area contributed by atoms with Crippen LogP contribution in [0.1, 0.15) is 16.8 Å². The molecule has 0 aromatic carbocycles. The number of amides is 1. The molecule has 86 valence electrons. The molecule has 1 fully saturated rings. The van der Waals surface area contributed by atoms with Gasteiger partial charge >= 0.3 is 0 Å². The van der Waals surface area contributed by atoms with Gasteiger partial charge in [-0.15, -0.1) is 0 Å². The van der Waals surface area contributed by atoms with Crippen molar-refractivity contribution < 1.29 is 4.79 Å². The highest BCUT2D eigenvalue weighted by atomic mass is 16.1. The van der Waals surface area contributed by atoms with Crippen LogP contribution in [0.4, 0.5) is 5.82 Å². The number of nitrogen functional groups attached to an aromatic ring is 1.